The fraction of sp³-hybridized carbons (Fsp3) is 0.818. The second kappa shape index (κ2) is 12.4. The van der Waals surface area contributed by atoms with E-state index in [4.69, 9.17) is 0 Å². The first kappa shape index (κ1) is 13.4. The van der Waals surface area contributed by atoms with Crippen molar-refractivity contribution in [1.82, 2.24) is 0 Å². The smallest absolute Gasteiger partial charge is 0.0217 e. The van der Waals surface area contributed by atoms with E-state index in [0.717, 1.165) is 0 Å². The third-order valence-electron chi connectivity index (χ3n) is 1.70. The monoisotopic (exact) mass is 218 g/mol. The van der Waals surface area contributed by atoms with Gasteiger partial charge in [0.1, 0.15) is 0 Å². The lowest BCUT2D eigenvalue weighted by molar-refractivity contribution is 0.780. The first-order valence-electron chi connectivity index (χ1n) is 5.31. The highest BCUT2D eigenvalue weighted by Crippen LogP contribution is 2.22. The summed E-state index contributed by atoms with van der Waals surface area (Å²) < 4.78 is 0. The zero-order chi connectivity index (χ0) is 9.78. The summed E-state index contributed by atoms with van der Waals surface area (Å²) in [7, 11) is 4.00. The predicted molar refractivity (Wildman–Crippen MR) is 68.5 cm³/mol. The number of hydrogen-bond donors (Lipinski definition) is 0. The second-order valence-corrected chi connectivity index (χ2v) is 5.70. The second-order valence-electron chi connectivity index (χ2n) is 3.07. The highest BCUT2D eigenvalue weighted by molar-refractivity contribution is 8.76. The molecular weight excluding hydrogens is 196 g/mol. The Labute approximate surface area is 91.3 Å². The molecule has 0 nitrogen and oxygen atoms in total. The molecule has 0 aliphatic heterocycles. The van der Waals surface area contributed by atoms with Gasteiger partial charge in [0.25, 0.3) is 0 Å². The van der Waals surface area contributed by atoms with E-state index in [2.05, 4.69) is 26.0 Å². The maximum atomic E-state index is 2.29. The van der Waals surface area contributed by atoms with Crippen LogP contribution < -0.4 is 0 Å². The van der Waals surface area contributed by atoms with E-state index in [1.54, 1.807) is 0 Å². The largest absolute Gasteiger partial charge is 0.0938 e. The Kier molecular flexibility index (Phi) is 12.9. The summed E-state index contributed by atoms with van der Waals surface area (Å²) in [6.45, 7) is 4.47. The first-order valence-corrected chi connectivity index (χ1v) is 7.80. The van der Waals surface area contributed by atoms with Gasteiger partial charge in [-0.25, -0.2) is 0 Å². The Morgan fingerprint density at radius 3 is 2.46 bits per heavy atom. The van der Waals surface area contributed by atoms with Gasteiger partial charge in [-0.3, -0.25) is 0 Å². The van der Waals surface area contributed by atoms with Crippen molar-refractivity contribution in [2.24, 2.45) is 0 Å². The normalized spacial score (nSPS) is 11.2. The molecule has 0 atom stereocenters. The Morgan fingerprint density at radius 1 is 0.923 bits per heavy atom. The van der Waals surface area contributed by atoms with Crippen molar-refractivity contribution in [1.29, 1.82) is 0 Å². The molecule has 0 aromatic heterocycles. The van der Waals surface area contributed by atoms with Crippen LogP contribution in [-0.4, -0.2) is 11.5 Å². The zero-order valence-electron chi connectivity index (χ0n) is 8.92. The number of allylic oxidation sites excluding steroid dienone is 1. The summed E-state index contributed by atoms with van der Waals surface area (Å²) >= 11 is 0. The summed E-state index contributed by atoms with van der Waals surface area (Å²) in [5.74, 6) is 2.50. The number of rotatable bonds is 9. The molecule has 0 N–H and O–H groups in total. The third kappa shape index (κ3) is 12.4. The number of unbranched alkanes of at least 4 members (excludes halogenated alkanes) is 3. The highest BCUT2D eigenvalue weighted by atomic mass is 33.1. The first-order chi connectivity index (χ1) is 6.41. The predicted octanol–water partition coefficient (Wildman–Crippen LogP) is 4.91. The zero-order valence-corrected chi connectivity index (χ0v) is 10.6. The highest BCUT2D eigenvalue weighted by Gasteiger charge is 1.88. The van der Waals surface area contributed by atoms with Crippen LogP contribution in [0.4, 0.5) is 0 Å². The van der Waals surface area contributed by atoms with Gasteiger partial charge in [-0.05, 0) is 12.8 Å². The Morgan fingerprint density at radius 2 is 1.77 bits per heavy atom. The molecule has 0 aromatic carbocycles. The van der Waals surface area contributed by atoms with Crippen molar-refractivity contribution in [3.63, 3.8) is 0 Å². The van der Waals surface area contributed by atoms with Gasteiger partial charge in [0.15, 0.2) is 0 Å². The Balaban J connectivity index is 2.91. The van der Waals surface area contributed by atoms with Gasteiger partial charge in [0.2, 0.25) is 0 Å². The van der Waals surface area contributed by atoms with Gasteiger partial charge in [-0.15, -0.1) is 0 Å². The van der Waals surface area contributed by atoms with Crippen LogP contribution in [0.3, 0.4) is 0 Å². The van der Waals surface area contributed by atoms with Crippen molar-refractivity contribution < 1.29 is 0 Å². The maximum absolute atomic E-state index is 2.29. The molecule has 0 radical (unpaired) electrons. The molecule has 13 heavy (non-hydrogen) atoms. The van der Waals surface area contributed by atoms with Crippen molar-refractivity contribution in [3.05, 3.63) is 12.2 Å². The molecule has 0 bridgehead atoms. The van der Waals surface area contributed by atoms with E-state index in [1.165, 1.54) is 43.6 Å². The fourth-order valence-corrected chi connectivity index (χ4v) is 2.89. The molecule has 0 rings (SSSR count). The van der Waals surface area contributed by atoms with Crippen LogP contribution in [0.1, 0.15) is 46.0 Å². The molecule has 0 aliphatic rings. The van der Waals surface area contributed by atoms with Crippen molar-refractivity contribution >= 4 is 21.6 Å². The topological polar surface area (TPSA) is 0 Å². The minimum Gasteiger partial charge on any atom is -0.0938 e. The summed E-state index contributed by atoms with van der Waals surface area (Å²) in [5.41, 5.74) is 0. The quantitative estimate of drug-likeness (QED) is 0.306. The molecule has 0 saturated carbocycles. The molecule has 0 fully saturated rings. The van der Waals surface area contributed by atoms with Gasteiger partial charge in [0, 0.05) is 11.5 Å². The van der Waals surface area contributed by atoms with E-state index < -0.39 is 0 Å². The SMILES string of the molecule is CCC/C=C\CSSCCCCC. The minimum atomic E-state index is 1.18. The van der Waals surface area contributed by atoms with E-state index >= 15 is 0 Å². The summed E-state index contributed by atoms with van der Waals surface area (Å²) in [6.07, 6.45) is 11.2. The molecule has 0 aliphatic carbocycles. The van der Waals surface area contributed by atoms with Crippen LogP contribution in [-0.2, 0) is 0 Å². The molecule has 2 heteroatoms. The number of hydrogen-bond acceptors (Lipinski definition) is 2. The van der Waals surface area contributed by atoms with Crippen molar-refractivity contribution in [2.75, 3.05) is 11.5 Å². The molecule has 0 spiro atoms. The van der Waals surface area contributed by atoms with E-state index in [1.807, 2.05) is 21.6 Å². The van der Waals surface area contributed by atoms with E-state index in [9.17, 15) is 0 Å². The molecule has 0 saturated heterocycles. The summed E-state index contributed by atoms with van der Waals surface area (Å²) in [6, 6.07) is 0. The summed E-state index contributed by atoms with van der Waals surface area (Å²) in [4.78, 5) is 0. The van der Waals surface area contributed by atoms with Gasteiger partial charge in [-0.2, -0.15) is 0 Å². The standard InChI is InChI=1S/C11H22S2/c1-3-5-7-9-11-13-12-10-8-6-4-2/h7,9H,3-6,8,10-11H2,1-2H3/b9-7-. The molecule has 0 unspecified atom stereocenters. The van der Waals surface area contributed by atoms with Crippen LogP contribution in [0.15, 0.2) is 12.2 Å². The molecule has 0 amide bonds. The van der Waals surface area contributed by atoms with E-state index in [0.29, 0.717) is 0 Å². The average molecular weight is 218 g/mol. The minimum absolute atomic E-state index is 1.18. The van der Waals surface area contributed by atoms with Gasteiger partial charge < -0.3 is 0 Å². The molecule has 0 heterocycles. The Hall–Kier alpha value is 0.440. The van der Waals surface area contributed by atoms with Crippen LogP contribution in [0, 0.1) is 0 Å². The van der Waals surface area contributed by atoms with Crippen LogP contribution in [0.2, 0.25) is 0 Å². The van der Waals surface area contributed by atoms with Gasteiger partial charge in [0.05, 0.1) is 0 Å². The average Bonchev–Trinajstić information content (AvgIpc) is 2.16. The maximum Gasteiger partial charge on any atom is 0.0217 e. The van der Waals surface area contributed by atoms with Crippen LogP contribution in [0.5, 0.6) is 0 Å². The van der Waals surface area contributed by atoms with Gasteiger partial charge in [-0.1, -0.05) is 66.8 Å². The van der Waals surface area contributed by atoms with E-state index in [-0.39, 0.29) is 0 Å². The van der Waals surface area contributed by atoms with Crippen molar-refractivity contribution in [2.45, 2.75) is 46.0 Å². The lowest BCUT2D eigenvalue weighted by atomic mass is 10.3. The lowest BCUT2D eigenvalue weighted by Crippen LogP contribution is -1.76. The summed E-state index contributed by atoms with van der Waals surface area (Å²) in [5, 5.41) is 0. The Bertz CT molecular complexity index is 111. The van der Waals surface area contributed by atoms with Crippen molar-refractivity contribution in [3.8, 4) is 0 Å². The third-order valence-corrected chi connectivity index (χ3v) is 4.06. The molecule has 0 aromatic rings. The van der Waals surface area contributed by atoms with Crippen LogP contribution >= 0.6 is 21.6 Å². The van der Waals surface area contributed by atoms with Crippen LogP contribution in [0.25, 0.3) is 0 Å². The lowest BCUT2D eigenvalue weighted by Gasteiger charge is -1.96. The molecule has 78 valence electrons. The van der Waals surface area contributed by atoms with Gasteiger partial charge >= 0.3 is 0 Å². The fourth-order valence-electron chi connectivity index (χ4n) is 0.910. The molecular formula is C11H22S2.